The largest absolute Gasteiger partial charge is 0.507 e. The highest BCUT2D eigenvalue weighted by molar-refractivity contribution is 6.46. The molecule has 0 spiro atoms. The third-order valence-electron chi connectivity index (χ3n) is 4.54. The van der Waals surface area contributed by atoms with E-state index < -0.39 is 22.7 Å². The average Bonchev–Trinajstić information content (AvgIpc) is 2.97. The van der Waals surface area contributed by atoms with Gasteiger partial charge in [0.05, 0.1) is 23.1 Å². The summed E-state index contributed by atoms with van der Waals surface area (Å²) in [7, 11) is 1.47. The van der Waals surface area contributed by atoms with Crippen LogP contribution in [0, 0.1) is 10.1 Å². The minimum Gasteiger partial charge on any atom is -0.507 e. The van der Waals surface area contributed by atoms with Gasteiger partial charge >= 0.3 is 0 Å². The number of likely N-dealkylation sites (tertiary alicyclic amines) is 1. The number of rotatable bonds is 6. The predicted molar refractivity (Wildman–Crippen MR) is 100 cm³/mol. The van der Waals surface area contributed by atoms with Gasteiger partial charge in [0.25, 0.3) is 17.4 Å². The van der Waals surface area contributed by atoms with Crippen LogP contribution in [0.5, 0.6) is 0 Å². The van der Waals surface area contributed by atoms with Crippen molar-refractivity contribution < 1.29 is 24.4 Å². The van der Waals surface area contributed by atoms with Gasteiger partial charge in [-0.3, -0.25) is 19.7 Å². The third kappa shape index (κ3) is 3.49. The number of amides is 1. The van der Waals surface area contributed by atoms with Gasteiger partial charge in [-0.05, 0) is 17.7 Å². The first-order valence-corrected chi connectivity index (χ1v) is 8.52. The molecule has 28 heavy (non-hydrogen) atoms. The fourth-order valence-corrected chi connectivity index (χ4v) is 3.18. The Kier molecular flexibility index (Phi) is 5.51. The van der Waals surface area contributed by atoms with E-state index in [4.69, 9.17) is 4.74 Å². The Bertz CT molecular complexity index is 937. The number of carbonyl (C=O) groups is 2. The first-order chi connectivity index (χ1) is 13.5. The molecule has 0 aromatic heterocycles. The molecule has 0 unspecified atom stereocenters. The van der Waals surface area contributed by atoms with E-state index in [1.54, 1.807) is 30.3 Å². The molecule has 3 rings (SSSR count). The Morgan fingerprint density at radius 2 is 1.79 bits per heavy atom. The number of benzene rings is 2. The highest BCUT2D eigenvalue weighted by Crippen LogP contribution is 2.39. The number of nitrogens with zero attached hydrogens (tertiary/aromatic N) is 2. The third-order valence-corrected chi connectivity index (χ3v) is 4.54. The number of ether oxygens (including phenoxy) is 1. The number of ketones is 1. The zero-order valence-electron chi connectivity index (χ0n) is 15.1. The Morgan fingerprint density at radius 1 is 1.14 bits per heavy atom. The van der Waals surface area contributed by atoms with Crippen molar-refractivity contribution in [3.63, 3.8) is 0 Å². The molecule has 144 valence electrons. The minimum absolute atomic E-state index is 0.0545. The van der Waals surface area contributed by atoms with Crippen molar-refractivity contribution in [2.24, 2.45) is 0 Å². The lowest BCUT2D eigenvalue weighted by Crippen LogP contribution is -2.32. The van der Waals surface area contributed by atoms with E-state index in [1.807, 2.05) is 0 Å². The van der Waals surface area contributed by atoms with Crippen molar-refractivity contribution in [2.45, 2.75) is 6.04 Å². The molecule has 1 amide bonds. The molecule has 1 aliphatic heterocycles. The van der Waals surface area contributed by atoms with Gasteiger partial charge in [0.15, 0.2) is 0 Å². The Hall–Kier alpha value is -3.52. The van der Waals surface area contributed by atoms with E-state index in [0.717, 1.165) is 0 Å². The van der Waals surface area contributed by atoms with Gasteiger partial charge in [0.2, 0.25) is 0 Å². The summed E-state index contributed by atoms with van der Waals surface area (Å²) in [4.78, 5) is 37.0. The van der Waals surface area contributed by atoms with E-state index in [0.29, 0.717) is 11.1 Å². The standard InChI is InChI=1S/C20H18N2O6/c1-28-12-11-21-17(13-7-9-15(10-8-13)22(26)27)16(19(24)20(21)25)18(23)14-5-3-2-4-6-14/h2-10,17,23H,11-12H2,1H3/b18-16+/t17-/m1/s1. The normalized spacial score (nSPS) is 18.5. The lowest BCUT2D eigenvalue weighted by Gasteiger charge is -2.25. The summed E-state index contributed by atoms with van der Waals surface area (Å²) in [6.07, 6.45) is 0. The van der Waals surface area contributed by atoms with Gasteiger partial charge in [-0.2, -0.15) is 0 Å². The maximum atomic E-state index is 12.7. The van der Waals surface area contributed by atoms with Crippen LogP contribution in [0.2, 0.25) is 0 Å². The summed E-state index contributed by atoms with van der Waals surface area (Å²) in [6.45, 7) is 0.330. The number of nitro benzene ring substituents is 1. The number of nitro groups is 1. The molecule has 2 aromatic carbocycles. The van der Waals surface area contributed by atoms with Gasteiger partial charge in [-0.1, -0.05) is 30.3 Å². The van der Waals surface area contributed by atoms with Gasteiger partial charge in [0, 0.05) is 31.4 Å². The number of aliphatic hydroxyl groups excluding tert-OH is 1. The summed E-state index contributed by atoms with van der Waals surface area (Å²) in [6, 6.07) is 13.1. The van der Waals surface area contributed by atoms with Crippen molar-refractivity contribution in [1.82, 2.24) is 4.90 Å². The molecule has 0 saturated carbocycles. The zero-order chi connectivity index (χ0) is 20.3. The van der Waals surface area contributed by atoms with E-state index in [-0.39, 0.29) is 30.2 Å². The van der Waals surface area contributed by atoms with E-state index in [1.165, 1.54) is 36.3 Å². The second-order valence-corrected chi connectivity index (χ2v) is 6.20. The molecular weight excluding hydrogens is 364 g/mol. The average molecular weight is 382 g/mol. The van der Waals surface area contributed by atoms with Gasteiger partial charge < -0.3 is 14.7 Å². The second kappa shape index (κ2) is 8.01. The first kappa shape index (κ1) is 19.2. The van der Waals surface area contributed by atoms with Gasteiger partial charge in [-0.25, -0.2) is 0 Å². The van der Waals surface area contributed by atoms with Crippen LogP contribution in [0.1, 0.15) is 17.2 Å². The van der Waals surface area contributed by atoms with Crippen molar-refractivity contribution in [3.05, 3.63) is 81.4 Å². The number of carbonyl (C=O) groups excluding carboxylic acids is 2. The molecule has 1 saturated heterocycles. The maximum absolute atomic E-state index is 12.7. The van der Waals surface area contributed by atoms with E-state index in [2.05, 4.69) is 0 Å². The number of aliphatic hydroxyl groups is 1. The molecule has 1 N–H and O–H groups in total. The lowest BCUT2D eigenvalue weighted by atomic mass is 9.95. The Morgan fingerprint density at radius 3 is 2.36 bits per heavy atom. The van der Waals surface area contributed by atoms with Crippen molar-refractivity contribution in [3.8, 4) is 0 Å². The fraction of sp³-hybridized carbons (Fsp3) is 0.200. The molecule has 0 radical (unpaired) electrons. The van der Waals surface area contributed by atoms with Crippen LogP contribution in [-0.4, -0.2) is 46.9 Å². The fourth-order valence-electron chi connectivity index (χ4n) is 3.18. The van der Waals surface area contributed by atoms with E-state index >= 15 is 0 Å². The molecule has 8 heteroatoms. The number of Topliss-reactive ketones (excluding diaryl/α,β-unsaturated/α-hetero) is 1. The maximum Gasteiger partial charge on any atom is 0.295 e. The highest BCUT2D eigenvalue weighted by Gasteiger charge is 2.45. The van der Waals surface area contributed by atoms with Crippen LogP contribution in [0.25, 0.3) is 5.76 Å². The molecule has 2 aromatic rings. The van der Waals surface area contributed by atoms with Crippen LogP contribution in [0.15, 0.2) is 60.2 Å². The van der Waals surface area contributed by atoms with Gasteiger partial charge in [0.1, 0.15) is 5.76 Å². The van der Waals surface area contributed by atoms with Crippen LogP contribution in [0.4, 0.5) is 5.69 Å². The first-order valence-electron chi connectivity index (χ1n) is 8.52. The number of hydrogen-bond acceptors (Lipinski definition) is 6. The van der Waals surface area contributed by atoms with Gasteiger partial charge in [-0.15, -0.1) is 0 Å². The molecule has 8 nitrogen and oxygen atoms in total. The number of methoxy groups -OCH3 is 1. The van der Waals surface area contributed by atoms with Crippen LogP contribution < -0.4 is 0 Å². The molecule has 0 bridgehead atoms. The predicted octanol–water partition coefficient (Wildman–Crippen LogP) is 2.66. The van der Waals surface area contributed by atoms with Crippen LogP contribution in [0.3, 0.4) is 0 Å². The van der Waals surface area contributed by atoms with Crippen molar-refractivity contribution >= 4 is 23.1 Å². The molecule has 1 atom stereocenters. The molecule has 1 fully saturated rings. The molecule has 0 aliphatic carbocycles. The molecular formula is C20H18N2O6. The molecule has 1 aliphatic rings. The van der Waals surface area contributed by atoms with Crippen molar-refractivity contribution in [2.75, 3.05) is 20.3 Å². The summed E-state index contributed by atoms with van der Waals surface area (Å²) in [5, 5.41) is 21.7. The molecule has 1 heterocycles. The lowest BCUT2D eigenvalue weighted by molar-refractivity contribution is -0.384. The number of hydrogen-bond donors (Lipinski definition) is 1. The topological polar surface area (TPSA) is 110 Å². The zero-order valence-corrected chi connectivity index (χ0v) is 15.1. The summed E-state index contributed by atoms with van der Waals surface area (Å²) < 4.78 is 5.03. The number of non-ortho nitro benzene ring substituents is 1. The quantitative estimate of drug-likeness (QED) is 0.270. The Labute approximate surface area is 160 Å². The summed E-state index contributed by atoms with van der Waals surface area (Å²) in [5.41, 5.74) is 0.722. The van der Waals surface area contributed by atoms with Crippen LogP contribution in [-0.2, 0) is 14.3 Å². The monoisotopic (exact) mass is 382 g/mol. The second-order valence-electron chi connectivity index (χ2n) is 6.20. The summed E-state index contributed by atoms with van der Waals surface area (Å²) >= 11 is 0. The summed E-state index contributed by atoms with van der Waals surface area (Å²) in [5.74, 6) is -1.85. The van der Waals surface area contributed by atoms with Crippen molar-refractivity contribution in [1.29, 1.82) is 0 Å². The SMILES string of the molecule is COCCN1C(=O)C(=O)/C(=C(/O)c2ccccc2)[C@H]1c1ccc([N+](=O)[O-])cc1. The smallest absolute Gasteiger partial charge is 0.295 e. The Balaban J connectivity index is 2.14. The highest BCUT2D eigenvalue weighted by atomic mass is 16.6. The minimum atomic E-state index is -0.865. The van der Waals surface area contributed by atoms with Crippen LogP contribution >= 0.6 is 0 Å². The van der Waals surface area contributed by atoms with E-state index in [9.17, 15) is 24.8 Å².